The molecule has 0 saturated heterocycles. The van der Waals surface area contributed by atoms with Crippen molar-refractivity contribution in [2.75, 3.05) is 10.0 Å². The topological polar surface area (TPSA) is 121 Å². The molecular formula is C20H19N3O5S2. The Bertz CT molecular complexity index is 1270. The van der Waals surface area contributed by atoms with Gasteiger partial charge in [0, 0.05) is 0 Å². The first kappa shape index (κ1) is 21.3. The maximum atomic E-state index is 12.9. The molecule has 0 aliphatic rings. The van der Waals surface area contributed by atoms with Crippen LogP contribution in [0.5, 0.6) is 0 Å². The number of urea groups is 1. The predicted octanol–water partition coefficient (Wildman–Crippen LogP) is 3.31. The molecule has 0 fully saturated rings. The minimum absolute atomic E-state index is 0.0701. The predicted molar refractivity (Wildman–Crippen MR) is 114 cm³/mol. The summed E-state index contributed by atoms with van der Waals surface area (Å²) in [6.45, 7) is 1.75. The van der Waals surface area contributed by atoms with E-state index in [0.717, 1.165) is 5.56 Å². The molecule has 0 bridgehead atoms. The van der Waals surface area contributed by atoms with Crippen LogP contribution >= 0.6 is 0 Å². The molecule has 10 heteroatoms. The van der Waals surface area contributed by atoms with Gasteiger partial charge in [0.2, 0.25) is 0 Å². The lowest BCUT2D eigenvalue weighted by molar-refractivity contribution is 0.256. The summed E-state index contributed by atoms with van der Waals surface area (Å²) in [6, 6.07) is 18.8. The third kappa shape index (κ3) is 4.97. The summed E-state index contributed by atoms with van der Waals surface area (Å²) in [7, 11) is -8.16. The quantitative estimate of drug-likeness (QED) is 0.537. The van der Waals surface area contributed by atoms with Crippen LogP contribution in [-0.2, 0) is 20.0 Å². The van der Waals surface area contributed by atoms with E-state index >= 15 is 0 Å². The normalized spacial score (nSPS) is 11.5. The molecule has 3 rings (SSSR count). The van der Waals surface area contributed by atoms with Crippen molar-refractivity contribution in [3.63, 3.8) is 0 Å². The molecule has 156 valence electrons. The Hall–Kier alpha value is -3.37. The molecule has 0 heterocycles. The van der Waals surface area contributed by atoms with Crippen molar-refractivity contribution in [3.05, 3.63) is 84.4 Å². The van der Waals surface area contributed by atoms with Crippen molar-refractivity contribution in [2.45, 2.75) is 16.7 Å². The number of nitrogens with one attached hydrogen (secondary N) is 3. The summed E-state index contributed by atoms with van der Waals surface area (Å²) in [4.78, 5) is 12.0. The van der Waals surface area contributed by atoms with Gasteiger partial charge in [-0.15, -0.1) is 0 Å². The third-order valence-corrected chi connectivity index (χ3v) is 6.87. The number of anilines is 2. The highest BCUT2D eigenvalue weighted by molar-refractivity contribution is 7.93. The van der Waals surface area contributed by atoms with Gasteiger partial charge in [0.15, 0.2) is 0 Å². The van der Waals surface area contributed by atoms with Crippen molar-refractivity contribution < 1.29 is 21.6 Å². The summed E-state index contributed by atoms with van der Waals surface area (Å²) in [5.41, 5.74) is 1.04. The molecular weight excluding hydrogens is 426 g/mol. The second-order valence-electron chi connectivity index (χ2n) is 6.29. The van der Waals surface area contributed by atoms with E-state index in [4.69, 9.17) is 0 Å². The number of carbonyl (C=O) groups excluding carboxylic acids is 1. The van der Waals surface area contributed by atoms with Crippen LogP contribution in [0, 0.1) is 6.92 Å². The Kier molecular flexibility index (Phi) is 6.09. The molecule has 3 aromatic carbocycles. The fraction of sp³-hybridized carbons (Fsp3) is 0.0500. The van der Waals surface area contributed by atoms with Crippen LogP contribution in [-0.4, -0.2) is 22.9 Å². The van der Waals surface area contributed by atoms with Gasteiger partial charge >= 0.3 is 6.03 Å². The Balaban J connectivity index is 1.83. The summed E-state index contributed by atoms with van der Waals surface area (Å²) in [5, 5.41) is 2.29. The number of carbonyl (C=O) groups is 1. The summed E-state index contributed by atoms with van der Waals surface area (Å²) < 4.78 is 54.6. The number of hydrogen-bond acceptors (Lipinski definition) is 5. The average molecular weight is 446 g/mol. The SMILES string of the molecule is Cc1ccccc1NS(=O)(=O)c1ccccc1NC(=O)NS(=O)(=O)c1ccccc1. The lowest BCUT2D eigenvalue weighted by Crippen LogP contribution is -2.34. The number of hydrogen-bond donors (Lipinski definition) is 3. The Morgan fingerprint density at radius 1 is 0.700 bits per heavy atom. The first-order valence-corrected chi connectivity index (χ1v) is 11.7. The maximum Gasteiger partial charge on any atom is 0.333 e. The van der Waals surface area contributed by atoms with E-state index in [1.807, 2.05) is 4.72 Å². The molecule has 0 saturated carbocycles. The number of sulfonamides is 2. The lowest BCUT2D eigenvalue weighted by Gasteiger charge is -2.15. The monoisotopic (exact) mass is 445 g/mol. The summed E-state index contributed by atoms with van der Waals surface area (Å²) >= 11 is 0. The lowest BCUT2D eigenvalue weighted by atomic mass is 10.2. The average Bonchev–Trinajstić information content (AvgIpc) is 2.70. The van der Waals surface area contributed by atoms with E-state index in [0.29, 0.717) is 5.69 Å². The highest BCUT2D eigenvalue weighted by atomic mass is 32.2. The van der Waals surface area contributed by atoms with Gasteiger partial charge in [0.25, 0.3) is 20.0 Å². The van der Waals surface area contributed by atoms with Gasteiger partial charge in [-0.25, -0.2) is 26.4 Å². The molecule has 0 spiro atoms. The molecule has 0 aromatic heterocycles. The number of para-hydroxylation sites is 2. The van der Waals surface area contributed by atoms with E-state index < -0.39 is 26.1 Å². The largest absolute Gasteiger partial charge is 0.333 e. The molecule has 30 heavy (non-hydrogen) atoms. The van der Waals surface area contributed by atoms with Crippen molar-refractivity contribution in [3.8, 4) is 0 Å². The number of amides is 2. The van der Waals surface area contributed by atoms with Gasteiger partial charge in [0.1, 0.15) is 4.90 Å². The van der Waals surface area contributed by atoms with E-state index in [-0.39, 0.29) is 15.5 Å². The Labute approximate surface area is 175 Å². The first-order valence-electron chi connectivity index (χ1n) is 8.75. The molecule has 0 radical (unpaired) electrons. The minimum Gasteiger partial charge on any atom is -0.306 e. The molecule has 0 atom stereocenters. The van der Waals surface area contributed by atoms with E-state index in [1.54, 1.807) is 37.3 Å². The summed E-state index contributed by atoms with van der Waals surface area (Å²) in [6.07, 6.45) is 0. The van der Waals surface area contributed by atoms with Crippen molar-refractivity contribution in [1.29, 1.82) is 0 Å². The van der Waals surface area contributed by atoms with Crippen LogP contribution < -0.4 is 14.8 Å². The molecule has 2 amide bonds. The number of aryl methyl sites for hydroxylation is 1. The third-order valence-electron chi connectivity index (χ3n) is 4.09. The van der Waals surface area contributed by atoms with E-state index in [1.165, 1.54) is 48.5 Å². The molecule has 0 aliphatic carbocycles. The van der Waals surface area contributed by atoms with Gasteiger partial charge in [-0.3, -0.25) is 4.72 Å². The standard InChI is InChI=1S/C20H19N3O5S2/c1-15-9-5-6-12-17(15)22-30(27,28)19-14-8-7-13-18(19)21-20(24)23-29(25,26)16-10-3-2-4-11-16/h2-14,22H,1H3,(H2,21,23,24). The molecule has 0 aliphatic heterocycles. The van der Waals surface area contributed by atoms with Crippen LogP contribution in [0.2, 0.25) is 0 Å². The first-order chi connectivity index (χ1) is 14.2. The Morgan fingerprint density at radius 2 is 1.27 bits per heavy atom. The van der Waals surface area contributed by atoms with Gasteiger partial charge in [0.05, 0.1) is 16.3 Å². The van der Waals surface area contributed by atoms with Gasteiger partial charge in [-0.05, 0) is 42.8 Å². The second kappa shape index (κ2) is 8.56. The van der Waals surface area contributed by atoms with E-state index in [2.05, 4.69) is 10.0 Å². The smallest absolute Gasteiger partial charge is 0.306 e. The van der Waals surface area contributed by atoms with E-state index in [9.17, 15) is 21.6 Å². The molecule has 8 nitrogen and oxygen atoms in total. The zero-order valence-corrected chi connectivity index (χ0v) is 17.5. The van der Waals surface area contributed by atoms with Crippen LogP contribution in [0.15, 0.2) is 88.7 Å². The van der Waals surface area contributed by atoms with Crippen molar-refractivity contribution >= 4 is 37.5 Å². The summed E-state index contributed by atoms with van der Waals surface area (Å²) in [5.74, 6) is 0. The van der Waals surface area contributed by atoms with Crippen molar-refractivity contribution in [1.82, 2.24) is 4.72 Å². The second-order valence-corrected chi connectivity index (χ2v) is 9.62. The highest BCUT2D eigenvalue weighted by Crippen LogP contribution is 2.25. The van der Waals surface area contributed by atoms with Gasteiger partial charge < -0.3 is 5.32 Å². The Morgan fingerprint density at radius 3 is 1.93 bits per heavy atom. The molecule has 3 aromatic rings. The fourth-order valence-corrected chi connectivity index (χ4v) is 4.84. The maximum absolute atomic E-state index is 12.9. The molecule has 3 N–H and O–H groups in total. The van der Waals surface area contributed by atoms with Gasteiger partial charge in [-0.2, -0.15) is 0 Å². The minimum atomic E-state index is -4.11. The van der Waals surface area contributed by atoms with Crippen LogP contribution in [0.4, 0.5) is 16.2 Å². The van der Waals surface area contributed by atoms with Crippen molar-refractivity contribution in [2.24, 2.45) is 0 Å². The number of benzene rings is 3. The van der Waals surface area contributed by atoms with Crippen LogP contribution in [0.1, 0.15) is 5.56 Å². The zero-order valence-electron chi connectivity index (χ0n) is 15.9. The molecule has 0 unspecified atom stereocenters. The highest BCUT2D eigenvalue weighted by Gasteiger charge is 2.22. The van der Waals surface area contributed by atoms with Crippen LogP contribution in [0.3, 0.4) is 0 Å². The van der Waals surface area contributed by atoms with Crippen LogP contribution in [0.25, 0.3) is 0 Å². The zero-order chi connectivity index (χ0) is 21.8. The fourth-order valence-electron chi connectivity index (χ4n) is 2.62. The van der Waals surface area contributed by atoms with Gasteiger partial charge in [-0.1, -0.05) is 48.5 Å². The number of rotatable bonds is 6.